The van der Waals surface area contributed by atoms with Crippen LogP contribution in [0.25, 0.3) is 0 Å². The molecular formula is C14H12ClF3N2O4S. The van der Waals surface area contributed by atoms with Gasteiger partial charge in [0.1, 0.15) is 0 Å². The first kappa shape index (κ1) is 19.3. The molecule has 0 aliphatic heterocycles. The third kappa shape index (κ3) is 3.65. The van der Waals surface area contributed by atoms with Crippen molar-refractivity contribution in [1.29, 1.82) is 0 Å². The van der Waals surface area contributed by atoms with Crippen molar-refractivity contribution in [2.45, 2.75) is 23.6 Å². The van der Waals surface area contributed by atoms with Crippen LogP contribution in [0.5, 0.6) is 0 Å². The molecule has 1 aromatic heterocycles. The Morgan fingerprint density at radius 2 is 1.80 bits per heavy atom. The Bertz CT molecular complexity index is 893. The smallest absolute Gasteiger partial charge is 0.373 e. The van der Waals surface area contributed by atoms with Gasteiger partial charge in [-0.2, -0.15) is 13.2 Å². The fourth-order valence-electron chi connectivity index (χ4n) is 1.73. The van der Waals surface area contributed by atoms with Crippen LogP contribution in [-0.4, -0.2) is 35.2 Å². The number of amides is 1. The van der Waals surface area contributed by atoms with E-state index in [2.05, 4.69) is 0 Å². The number of anilines is 1. The zero-order valence-corrected chi connectivity index (χ0v) is 14.2. The Morgan fingerprint density at radius 1 is 1.24 bits per heavy atom. The molecule has 0 aliphatic rings. The number of nitrogens with one attached hydrogen (secondary N) is 1. The van der Waals surface area contributed by atoms with E-state index in [9.17, 15) is 31.5 Å². The van der Waals surface area contributed by atoms with Crippen molar-refractivity contribution in [2.75, 3.05) is 5.32 Å². The summed E-state index contributed by atoms with van der Waals surface area (Å²) >= 11 is 5.85. The number of aliphatic hydroxyl groups is 1. The Labute approximate surface area is 145 Å². The van der Waals surface area contributed by atoms with Crippen LogP contribution < -0.4 is 5.32 Å². The molecule has 1 heterocycles. The van der Waals surface area contributed by atoms with Gasteiger partial charge in [0.25, 0.3) is 15.9 Å². The van der Waals surface area contributed by atoms with Crippen molar-refractivity contribution in [2.24, 2.45) is 0 Å². The van der Waals surface area contributed by atoms with Crippen LogP contribution in [0.15, 0.2) is 47.6 Å². The highest BCUT2D eigenvalue weighted by Gasteiger charge is 2.55. The molecule has 2 N–H and O–H groups in total. The van der Waals surface area contributed by atoms with Gasteiger partial charge in [-0.1, -0.05) is 11.6 Å². The van der Waals surface area contributed by atoms with Crippen molar-refractivity contribution in [3.8, 4) is 0 Å². The van der Waals surface area contributed by atoms with E-state index in [1.54, 1.807) is 0 Å². The summed E-state index contributed by atoms with van der Waals surface area (Å²) in [4.78, 5) is 11.4. The van der Waals surface area contributed by atoms with Crippen LogP contribution in [0.4, 0.5) is 18.9 Å². The maximum Gasteiger partial charge on any atom is 0.426 e. The van der Waals surface area contributed by atoms with Crippen molar-refractivity contribution in [1.82, 2.24) is 3.97 Å². The molecule has 2 rings (SSSR count). The number of benzene rings is 1. The number of hydrogen-bond donors (Lipinski definition) is 2. The predicted octanol–water partition coefficient (Wildman–Crippen LogP) is 2.63. The topological polar surface area (TPSA) is 88.4 Å². The van der Waals surface area contributed by atoms with Gasteiger partial charge in [0.05, 0.1) is 15.6 Å². The minimum absolute atomic E-state index is 0.228. The first-order valence-corrected chi connectivity index (χ1v) is 8.48. The van der Waals surface area contributed by atoms with Crippen LogP contribution in [0, 0.1) is 0 Å². The highest BCUT2D eigenvalue weighted by molar-refractivity contribution is 7.90. The molecule has 1 amide bonds. The highest BCUT2D eigenvalue weighted by Crippen LogP contribution is 2.32. The van der Waals surface area contributed by atoms with Crippen LogP contribution in [0.3, 0.4) is 0 Å². The Balaban J connectivity index is 2.31. The third-order valence-electron chi connectivity index (χ3n) is 3.34. The summed E-state index contributed by atoms with van der Waals surface area (Å²) in [5, 5.41) is 10.8. The van der Waals surface area contributed by atoms with E-state index in [0.29, 0.717) is 6.92 Å². The molecule has 1 aromatic carbocycles. The predicted molar refractivity (Wildman–Crippen MR) is 83.8 cm³/mol. The quantitative estimate of drug-likeness (QED) is 0.831. The standard InChI is InChI=1S/C14H12ClF3N2O4S/c1-13(22,14(16,17)18)12(21)19-11-5-4-9(8-10(11)15)25(23,24)20-6-2-3-7-20/h2-8,22H,1H3,(H,19,21)/t13-/m1/s1. The van der Waals surface area contributed by atoms with E-state index in [0.717, 1.165) is 22.2 Å². The molecule has 0 bridgehead atoms. The van der Waals surface area contributed by atoms with Gasteiger partial charge in [-0.25, -0.2) is 12.4 Å². The van der Waals surface area contributed by atoms with Crippen LogP contribution >= 0.6 is 11.6 Å². The lowest BCUT2D eigenvalue weighted by atomic mass is 10.1. The second-order valence-corrected chi connectivity index (χ2v) is 7.43. The normalized spacial score (nSPS) is 14.8. The minimum atomic E-state index is -5.19. The maximum atomic E-state index is 12.6. The molecule has 1 atom stereocenters. The molecule has 0 spiro atoms. The lowest BCUT2D eigenvalue weighted by molar-refractivity contribution is -0.242. The largest absolute Gasteiger partial charge is 0.426 e. The number of halogens is 4. The summed E-state index contributed by atoms with van der Waals surface area (Å²) in [6.07, 6.45) is -2.61. The van der Waals surface area contributed by atoms with Gasteiger partial charge in [-0.05, 0) is 37.3 Å². The number of carbonyl (C=O) groups excluding carboxylic acids is 1. The SMILES string of the molecule is C[C@@](O)(C(=O)Nc1ccc(S(=O)(=O)n2cccc2)cc1Cl)C(F)(F)F. The molecule has 2 aromatic rings. The van der Waals surface area contributed by atoms with Gasteiger partial charge in [0.15, 0.2) is 0 Å². The van der Waals surface area contributed by atoms with Crippen molar-refractivity contribution in [3.05, 3.63) is 47.7 Å². The summed E-state index contributed by atoms with van der Waals surface area (Å²) in [7, 11) is -3.92. The second-order valence-electron chi connectivity index (χ2n) is 5.18. The molecule has 11 heteroatoms. The minimum Gasteiger partial charge on any atom is -0.373 e. The van der Waals surface area contributed by atoms with Crippen molar-refractivity contribution >= 4 is 33.2 Å². The first-order valence-electron chi connectivity index (χ1n) is 6.66. The maximum absolute atomic E-state index is 12.6. The summed E-state index contributed by atoms with van der Waals surface area (Å²) in [6, 6.07) is 6.07. The highest BCUT2D eigenvalue weighted by atomic mass is 35.5. The number of hydrogen-bond acceptors (Lipinski definition) is 4. The number of aromatic nitrogens is 1. The van der Waals surface area contributed by atoms with E-state index in [-0.39, 0.29) is 15.6 Å². The molecule has 0 fully saturated rings. The molecule has 0 saturated carbocycles. The van der Waals surface area contributed by atoms with E-state index < -0.39 is 27.7 Å². The number of carbonyl (C=O) groups is 1. The molecule has 6 nitrogen and oxygen atoms in total. The van der Waals surface area contributed by atoms with E-state index in [4.69, 9.17) is 11.6 Å². The molecule has 0 radical (unpaired) electrons. The van der Waals surface area contributed by atoms with E-state index >= 15 is 0 Å². The number of rotatable bonds is 4. The van der Waals surface area contributed by atoms with Gasteiger partial charge >= 0.3 is 6.18 Å². The van der Waals surface area contributed by atoms with Crippen LogP contribution in [0.1, 0.15) is 6.92 Å². The lowest BCUT2D eigenvalue weighted by Gasteiger charge is -2.25. The Hall–Kier alpha value is -2.04. The van der Waals surface area contributed by atoms with Gasteiger partial charge in [0.2, 0.25) is 5.60 Å². The average molecular weight is 397 g/mol. The van der Waals surface area contributed by atoms with E-state index in [1.165, 1.54) is 24.5 Å². The van der Waals surface area contributed by atoms with Crippen molar-refractivity contribution in [3.63, 3.8) is 0 Å². The van der Waals surface area contributed by atoms with Crippen LogP contribution in [-0.2, 0) is 14.8 Å². The fraction of sp³-hybridized carbons (Fsp3) is 0.214. The van der Waals surface area contributed by atoms with Gasteiger partial charge < -0.3 is 10.4 Å². The van der Waals surface area contributed by atoms with Gasteiger partial charge in [-0.15, -0.1) is 0 Å². The summed E-state index contributed by atoms with van der Waals surface area (Å²) in [5.41, 5.74) is -3.91. The zero-order chi connectivity index (χ0) is 19.0. The Kier molecular flexibility index (Phi) is 4.90. The molecule has 136 valence electrons. The third-order valence-corrected chi connectivity index (χ3v) is 5.30. The van der Waals surface area contributed by atoms with Crippen molar-refractivity contribution < 1.29 is 31.5 Å². The molecular weight excluding hydrogens is 385 g/mol. The summed E-state index contributed by atoms with van der Waals surface area (Å²) in [6.45, 7) is 0.293. The van der Waals surface area contributed by atoms with E-state index in [1.807, 2.05) is 5.32 Å². The average Bonchev–Trinajstić information content (AvgIpc) is 3.02. The van der Waals surface area contributed by atoms with Gasteiger partial charge in [0, 0.05) is 12.4 Å². The molecule has 0 unspecified atom stereocenters. The molecule has 0 aliphatic carbocycles. The lowest BCUT2D eigenvalue weighted by Crippen LogP contribution is -2.52. The van der Waals surface area contributed by atoms with Gasteiger partial charge in [-0.3, -0.25) is 4.79 Å². The molecule has 25 heavy (non-hydrogen) atoms. The second kappa shape index (κ2) is 6.36. The number of alkyl halides is 3. The Morgan fingerprint density at radius 3 is 2.28 bits per heavy atom. The first-order chi connectivity index (χ1) is 11.4. The summed E-state index contributed by atoms with van der Waals surface area (Å²) in [5.74, 6) is -1.75. The summed E-state index contributed by atoms with van der Waals surface area (Å²) < 4.78 is 63.4. The fourth-order valence-corrected chi connectivity index (χ4v) is 3.23. The molecule has 0 saturated heterocycles. The monoisotopic (exact) mass is 396 g/mol. The number of nitrogens with zero attached hydrogens (tertiary/aromatic N) is 1. The zero-order valence-electron chi connectivity index (χ0n) is 12.6. The van der Waals surface area contributed by atoms with Crippen LogP contribution in [0.2, 0.25) is 5.02 Å².